The van der Waals surface area contributed by atoms with Crippen molar-refractivity contribution in [2.75, 3.05) is 6.54 Å². The minimum atomic E-state index is -1.53. The van der Waals surface area contributed by atoms with Crippen molar-refractivity contribution in [2.24, 2.45) is 11.7 Å². The molecule has 1 aliphatic rings. The highest BCUT2D eigenvalue weighted by Crippen LogP contribution is 2.21. The summed E-state index contributed by atoms with van der Waals surface area (Å²) in [5.74, 6) is -5.17. The van der Waals surface area contributed by atoms with Gasteiger partial charge in [0.1, 0.15) is 30.2 Å². The minimum absolute atomic E-state index is 0.0196. The summed E-state index contributed by atoms with van der Waals surface area (Å²) in [6.07, 6.45) is 0.553. The van der Waals surface area contributed by atoms with Crippen molar-refractivity contribution < 1.29 is 38.7 Å². The summed E-state index contributed by atoms with van der Waals surface area (Å²) in [5, 5.41) is 19.7. The van der Waals surface area contributed by atoms with Crippen LogP contribution in [0.5, 0.6) is 0 Å². The summed E-state index contributed by atoms with van der Waals surface area (Å²) in [4.78, 5) is 91.3. The summed E-state index contributed by atoms with van der Waals surface area (Å²) in [6.45, 7) is 5.48. The molecule has 1 heterocycles. The van der Waals surface area contributed by atoms with E-state index >= 15 is 0 Å². The number of rotatable bonds is 17. The molecule has 14 heteroatoms. The molecule has 0 bridgehead atoms. The zero-order valence-electron chi connectivity index (χ0n) is 28.0. The van der Waals surface area contributed by atoms with Gasteiger partial charge in [0.15, 0.2) is 0 Å². The molecule has 6 amide bonds. The van der Waals surface area contributed by atoms with E-state index in [0.29, 0.717) is 36.9 Å². The Kier molecular flexibility index (Phi) is 14.3. The molecule has 0 saturated carbocycles. The molecule has 264 valence electrons. The van der Waals surface area contributed by atoms with Crippen LogP contribution in [0.3, 0.4) is 0 Å². The number of carbonyl (C=O) groups is 7. The van der Waals surface area contributed by atoms with Gasteiger partial charge in [-0.1, -0.05) is 74.5 Å². The van der Waals surface area contributed by atoms with Crippen LogP contribution in [0.25, 0.3) is 0 Å². The normalized spacial score (nSPS) is 16.5. The summed E-state index contributed by atoms with van der Waals surface area (Å²) in [7, 11) is 0. The first-order chi connectivity index (χ1) is 23.2. The molecular formula is C35H46N6O8. The van der Waals surface area contributed by atoms with Crippen molar-refractivity contribution in [3.63, 3.8) is 0 Å². The van der Waals surface area contributed by atoms with E-state index in [0.717, 1.165) is 0 Å². The fourth-order valence-electron chi connectivity index (χ4n) is 5.77. The second-order valence-electron chi connectivity index (χ2n) is 12.6. The molecule has 5 atom stereocenters. The Morgan fingerprint density at radius 1 is 0.776 bits per heavy atom. The summed E-state index contributed by atoms with van der Waals surface area (Å²) in [6, 6.07) is 11.9. The first-order valence-electron chi connectivity index (χ1n) is 16.3. The highest BCUT2D eigenvalue weighted by molar-refractivity contribution is 5.97. The molecule has 49 heavy (non-hydrogen) atoms. The van der Waals surface area contributed by atoms with Gasteiger partial charge >= 0.3 is 5.97 Å². The lowest BCUT2D eigenvalue weighted by atomic mass is 10.0. The number of carboxylic acid groups (broad SMARTS) is 1. The van der Waals surface area contributed by atoms with E-state index in [4.69, 9.17) is 5.73 Å². The molecule has 0 spiro atoms. The zero-order chi connectivity index (χ0) is 36.1. The maximum absolute atomic E-state index is 13.9. The second-order valence-corrected chi connectivity index (χ2v) is 12.6. The highest BCUT2D eigenvalue weighted by Gasteiger charge is 2.39. The maximum atomic E-state index is 13.9. The third-order valence-corrected chi connectivity index (χ3v) is 8.09. The molecule has 0 aromatic heterocycles. The number of primary amides is 1. The number of carbonyl (C=O) groups excluding carboxylic acids is 6. The molecule has 1 fully saturated rings. The highest BCUT2D eigenvalue weighted by atomic mass is 16.4. The van der Waals surface area contributed by atoms with Crippen LogP contribution in [0, 0.1) is 5.92 Å². The minimum Gasteiger partial charge on any atom is -0.481 e. The molecule has 1 saturated heterocycles. The number of hydrogen-bond acceptors (Lipinski definition) is 7. The van der Waals surface area contributed by atoms with Crippen LogP contribution >= 0.6 is 0 Å². The predicted octanol–water partition coefficient (Wildman–Crippen LogP) is 0.428. The summed E-state index contributed by atoms with van der Waals surface area (Å²) in [5.41, 5.74) is 6.71. The largest absolute Gasteiger partial charge is 0.481 e. The van der Waals surface area contributed by atoms with Crippen LogP contribution < -0.4 is 27.0 Å². The lowest BCUT2D eigenvalue weighted by Crippen LogP contribution is -2.59. The van der Waals surface area contributed by atoms with Crippen molar-refractivity contribution in [1.82, 2.24) is 26.2 Å². The Labute approximate surface area is 285 Å². The van der Waals surface area contributed by atoms with Gasteiger partial charge in [-0.3, -0.25) is 33.6 Å². The number of carboxylic acids is 1. The van der Waals surface area contributed by atoms with Gasteiger partial charge in [0.05, 0.1) is 6.42 Å². The lowest BCUT2D eigenvalue weighted by Gasteiger charge is -2.30. The predicted molar refractivity (Wildman–Crippen MR) is 179 cm³/mol. The van der Waals surface area contributed by atoms with Crippen LogP contribution in [0.4, 0.5) is 0 Å². The molecular weight excluding hydrogens is 632 g/mol. The Bertz CT molecular complexity index is 1490. The molecule has 2 aromatic rings. The number of hydrogen-bond donors (Lipinski definition) is 6. The van der Waals surface area contributed by atoms with Gasteiger partial charge in [0.2, 0.25) is 35.4 Å². The van der Waals surface area contributed by atoms with E-state index in [9.17, 15) is 38.7 Å². The van der Waals surface area contributed by atoms with E-state index in [1.807, 2.05) is 13.8 Å². The molecule has 14 nitrogen and oxygen atoms in total. The van der Waals surface area contributed by atoms with Crippen molar-refractivity contribution >= 4 is 41.4 Å². The van der Waals surface area contributed by atoms with E-state index < -0.39 is 66.2 Å². The van der Waals surface area contributed by atoms with Gasteiger partial charge < -0.3 is 37.0 Å². The Hall–Kier alpha value is -5.27. The fraction of sp³-hybridized carbons (Fsp3) is 0.457. The first-order valence-corrected chi connectivity index (χ1v) is 16.3. The van der Waals surface area contributed by atoms with E-state index in [1.165, 1.54) is 11.8 Å². The zero-order valence-corrected chi connectivity index (χ0v) is 28.0. The maximum Gasteiger partial charge on any atom is 0.305 e. The number of amides is 6. The standard InChI is InChI=1S/C35H46N6O8/c1-21(2)17-28(37-22(3)42)35(49)41-16-10-15-29(41)34(48)40-27(19-24-13-8-5-9-14-24)33(47)39-26(18-23-11-6-4-7-12-23)32(46)38-25(31(36)45)20-30(43)44/h4-9,11-14,21,25-29H,10,15-20H2,1-3H3,(H2,36,45)(H,37,42)(H,38,46)(H,39,47)(H,40,48)(H,43,44)/t25-,26-,27-,28-,29-/m0/s1. The van der Waals surface area contributed by atoms with Crippen LogP contribution in [0.15, 0.2) is 60.7 Å². The van der Waals surface area contributed by atoms with Gasteiger partial charge in [-0.25, -0.2) is 0 Å². The molecule has 0 unspecified atom stereocenters. The number of likely N-dealkylation sites (tertiary alicyclic amines) is 1. The SMILES string of the molecule is CC(=O)N[C@@H](CC(C)C)C(=O)N1CCC[C@H]1C(=O)N[C@@H](Cc1ccccc1)C(=O)N[C@@H](Cc1ccccc1)C(=O)N[C@@H](CC(=O)O)C(N)=O. The van der Waals surface area contributed by atoms with E-state index in [2.05, 4.69) is 21.3 Å². The lowest BCUT2D eigenvalue weighted by molar-refractivity contribution is -0.142. The number of nitrogens with two attached hydrogens (primary N) is 1. The van der Waals surface area contributed by atoms with Gasteiger partial charge in [-0.05, 0) is 36.3 Å². The third kappa shape index (κ3) is 12.0. The van der Waals surface area contributed by atoms with Gasteiger partial charge in [0.25, 0.3) is 0 Å². The van der Waals surface area contributed by atoms with Crippen molar-refractivity contribution in [3.05, 3.63) is 71.8 Å². The summed E-state index contributed by atoms with van der Waals surface area (Å²) < 4.78 is 0. The monoisotopic (exact) mass is 678 g/mol. The van der Waals surface area contributed by atoms with E-state index in [1.54, 1.807) is 60.7 Å². The fourth-order valence-corrected chi connectivity index (χ4v) is 5.77. The second kappa shape index (κ2) is 18.3. The van der Waals surface area contributed by atoms with Crippen molar-refractivity contribution in [1.29, 1.82) is 0 Å². The molecule has 7 N–H and O–H groups in total. The number of aliphatic carboxylic acids is 1. The Morgan fingerprint density at radius 2 is 1.29 bits per heavy atom. The van der Waals surface area contributed by atoms with Gasteiger partial charge in [-0.15, -0.1) is 0 Å². The number of nitrogens with one attached hydrogen (secondary N) is 4. The number of nitrogens with zero attached hydrogens (tertiary/aromatic N) is 1. The average molecular weight is 679 g/mol. The Morgan fingerprint density at radius 3 is 1.76 bits per heavy atom. The first kappa shape index (κ1) is 38.2. The van der Waals surface area contributed by atoms with Crippen molar-refractivity contribution in [3.8, 4) is 0 Å². The Balaban J connectivity index is 1.87. The molecule has 1 aliphatic heterocycles. The van der Waals surface area contributed by atoms with Crippen LogP contribution in [-0.2, 0) is 46.4 Å². The van der Waals surface area contributed by atoms with Crippen LogP contribution in [0.2, 0.25) is 0 Å². The van der Waals surface area contributed by atoms with Crippen LogP contribution in [-0.4, -0.2) is 88.2 Å². The molecule has 2 aromatic carbocycles. The smallest absolute Gasteiger partial charge is 0.305 e. The van der Waals surface area contributed by atoms with Gasteiger partial charge in [0, 0.05) is 26.3 Å². The average Bonchev–Trinajstić information content (AvgIpc) is 3.54. The molecule has 0 radical (unpaired) electrons. The van der Waals surface area contributed by atoms with Crippen molar-refractivity contribution in [2.45, 2.75) is 89.5 Å². The summed E-state index contributed by atoms with van der Waals surface area (Å²) >= 11 is 0. The van der Waals surface area contributed by atoms with Gasteiger partial charge in [-0.2, -0.15) is 0 Å². The third-order valence-electron chi connectivity index (χ3n) is 8.09. The quantitative estimate of drug-likeness (QED) is 0.138. The topological polar surface area (TPSA) is 217 Å². The molecule has 3 rings (SSSR count). The van der Waals surface area contributed by atoms with E-state index in [-0.39, 0.29) is 30.6 Å². The van der Waals surface area contributed by atoms with Crippen LogP contribution in [0.1, 0.15) is 57.6 Å². The molecule has 0 aliphatic carbocycles. The number of benzene rings is 2.